The molecule has 1 aliphatic carbocycles. The summed E-state index contributed by atoms with van der Waals surface area (Å²) >= 11 is 0. The average Bonchev–Trinajstić information content (AvgIpc) is 2.27. The zero-order chi connectivity index (χ0) is 6.97. The molecular formula is C8H13NO. The van der Waals surface area contributed by atoms with Gasteiger partial charge in [0.2, 0.25) is 0 Å². The molecule has 0 saturated heterocycles. The van der Waals surface area contributed by atoms with Crippen LogP contribution in [0.1, 0.15) is 25.7 Å². The second-order valence-corrected chi connectivity index (χ2v) is 3.25. The highest BCUT2D eigenvalue weighted by Gasteiger charge is 2.28. The van der Waals surface area contributed by atoms with E-state index in [1.807, 2.05) is 6.08 Å². The third-order valence-corrected chi connectivity index (χ3v) is 2.52. The first-order valence-electron chi connectivity index (χ1n) is 4.03. The first kappa shape index (κ1) is 6.08. The van der Waals surface area contributed by atoms with Crippen LogP contribution >= 0.6 is 0 Å². The van der Waals surface area contributed by atoms with Crippen LogP contribution in [-0.2, 0) is 0 Å². The van der Waals surface area contributed by atoms with E-state index in [2.05, 4.69) is 5.32 Å². The van der Waals surface area contributed by atoms with Crippen molar-refractivity contribution >= 4 is 0 Å². The molecule has 10 heavy (non-hydrogen) atoms. The van der Waals surface area contributed by atoms with Crippen molar-refractivity contribution in [1.29, 1.82) is 0 Å². The minimum absolute atomic E-state index is 0.400. The number of aliphatic hydroxyl groups is 1. The summed E-state index contributed by atoms with van der Waals surface area (Å²) in [5.74, 6) is 1.02. The Bertz CT molecular complexity index is 165. The zero-order valence-corrected chi connectivity index (χ0v) is 6.01. The van der Waals surface area contributed by atoms with Gasteiger partial charge in [-0.3, -0.25) is 0 Å². The van der Waals surface area contributed by atoms with Crippen LogP contribution in [0, 0.1) is 5.92 Å². The largest absolute Gasteiger partial charge is 0.495 e. The Kier molecular flexibility index (Phi) is 1.33. The summed E-state index contributed by atoms with van der Waals surface area (Å²) in [6.45, 7) is 0. The molecule has 56 valence electrons. The second-order valence-electron chi connectivity index (χ2n) is 3.25. The van der Waals surface area contributed by atoms with Gasteiger partial charge in [0.05, 0.1) is 0 Å². The van der Waals surface area contributed by atoms with E-state index in [-0.39, 0.29) is 0 Å². The van der Waals surface area contributed by atoms with E-state index in [9.17, 15) is 0 Å². The van der Waals surface area contributed by atoms with Gasteiger partial charge in [-0.2, -0.15) is 0 Å². The number of rotatable bonds is 0. The van der Waals surface area contributed by atoms with Gasteiger partial charge in [0.1, 0.15) is 0 Å². The van der Waals surface area contributed by atoms with Crippen molar-refractivity contribution in [2.45, 2.75) is 31.7 Å². The van der Waals surface area contributed by atoms with Crippen LogP contribution in [-0.4, -0.2) is 11.1 Å². The fourth-order valence-corrected chi connectivity index (χ4v) is 1.98. The van der Waals surface area contributed by atoms with Crippen molar-refractivity contribution in [2.24, 2.45) is 5.92 Å². The van der Waals surface area contributed by atoms with Gasteiger partial charge in [0.15, 0.2) is 5.88 Å². The third kappa shape index (κ3) is 0.877. The van der Waals surface area contributed by atoms with Crippen molar-refractivity contribution in [2.75, 3.05) is 0 Å². The molecule has 1 aliphatic heterocycles. The van der Waals surface area contributed by atoms with E-state index in [0.717, 1.165) is 0 Å². The maximum absolute atomic E-state index is 9.11. The highest BCUT2D eigenvalue weighted by Crippen LogP contribution is 2.29. The number of fused-ring (bicyclic) bond motifs is 1. The lowest BCUT2D eigenvalue weighted by molar-refractivity contribution is 0.312. The van der Waals surface area contributed by atoms with E-state index in [0.29, 0.717) is 17.8 Å². The smallest absolute Gasteiger partial charge is 0.180 e. The first-order valence-corrected chi connectivity index (χ1v) is 4.03. The van der Waals surface area contributed by atoms with E-state index in [1.54, 1.807) is 0 Å². The minimum atomic E-state index is 0.400. The number of nitrogens with one attached hydrogen (secondary N) is 1. The molecule has 0 bridgehead atoms. The molecule has 0 spiro atoms. The molecule has 2 nitrogen and oxygen atoms in total. The van der Waals surface area contributed by atoms with Gasteiger partial charge in [-0.05, 0) is 18.9 Å². The van der Waals surface area contributed by atoms with Crippen LogP contribution in [0.4, 0.5) is 0 Å². The molecule has 2 aliphatic rings. The van der Waals surface area contributed by atoms with E-state index < -0.39 is 0 Å². The normalized spacial score (nSPS) is 38.2. The Morgan fingerprint density at radius 3 is 3.00 bits per heavy atom. The molecule has 0 radical (unpaired) electrons. The minimum Gasteiger partial charge on any atom is -0.495 e. The molecule has 2 rings (SSSR count). The molecule has 2 unspecified atom stereocenters. The van der Waals surface area contributed by atoms with Crippen LogP contribution in [0.25, 0.3) is 0 Å². The maximum atomic E-state index is 9.11. The van der Waals surface area contributed by atoms with Gasteiger partial charge in [-0.1, -0.05) is 12.8 Å². The van der Waals surface area contributed by atoms with Crippen molar-refractivity contribution in [3.63, 3.8) is 0 Å². The third-order valence-electron chi connectivity index (χ3n) is 2.52. The molecule has 0 amide bonds. The van der Waals surface area contributed by atoms with Crippen molar-refractivity contribution < 1.29 is 5.11 Å². The Balaban J connectivity index is 2.06. The van der Waals surface area contributed by atoms with Crippen molar-refractivity contribution in [1.82, 2.24) is 5.32 Å². The maximum Gasteiger partial charge on any atom is 0.180 e. The molecule has 0 aromatic carbocycles. The van der Waals surface area contributed by atoms with Gasteiger partial charge < -0.3 is 10.4 Å². The van der Waals surface area contributed by atoms with Gasteiger partial charge in [-0.15, -0.1) is 0 Å². The van der Waals surface area contributed by atoms with Crippen LogP contribution < -0.4 is 5.32 Å². The summed E-state index contributed by atoms with van der Waals surface area (Å²) in [6.07, 6.45) is 7.08. The van der Waals surface area contributed by atoms with E-state index in [4.69, 9.17) is 5.11 Å². The monoisotopic (exact) mass is 139 g/mol. The summed E-state index contributed by atoms with van der Waals surface area (Å²) < 4.78 is 0. The molecule has 0 aromatic rings. The van der Waals surface area contributed by atoms with Crippen molar-refractivity contribution in [3.05, 3.63) is 12.0 Å². The summed E-state index contributed by atoms with van der Waals surface area (Å²) in [5, 5.41) is 12.2. The lowest BCUT2D eigenvalue weighted by Crippen LogP contribution is -2.30. The molecule has 2 atom stereocenters. The number of hydrogen-bond donors (Lipinski definition) is 2. The van der Waals surface area contributed by atoms with Crippen LogP contribution in [0.15, 0.2) is 12.0 Å². The lowest BCUT2D eigenvalue weighted by Gasteiger charge is -2.24. The fraction of sp³-hybridized carbons (Fsp3) is 0.750. The van der Waals surface area contributed by atoms with E-state index >= 15 is 0 Å². The van der Waals surface area contributed by atoms with Gasteiger partial charge >= 0.3 is 0 Å². The van der Waals surface area contributed by atoms with Gasteiger partial charge in [0.25, 0.3) is 0 Å². The molecule has 2 heteroatoms. The highest BCUT2D eigenvalue weighted by atomic mass is 16.3. The number of hydrogen-bond acceptors (Lipinski definition) is 2. The predicted molar refractivity (Wildman–Crippen MR) is 39.6 cm³/mol. The first-order chi connectivity index (χ1) is 4.86. The summed E-state index contributed by atoms with van der Waals surface area (Å²) in [6, 6.07) is 0.550. The molecule has 1 heterocycles. The molecule has 2 N–H and O–H groups in total. The van der Waals surface area contributed by atoms with Gasteiger partial charge in [0, 0.05) is 12.0 Å². The zero-order valence-electron chi connectivity index (χ0n) is 6.01. The summed E-state index contributed by atoms with van der Waals surface area (Å²) in [5.41, 5.74) is 0. The molecular weight excluding hydrogens is 126 g/mol. The Morgan fingerprint density at radius 1 is 1.40 bits per heavy atom. The Morgan fingerprint density at radius 2 is 2.20 bits per heavy atom. The standard InChI is InChI=1S/C8H13NO/c10-8-5-6-3-1-2-4-7(6)9-8/h5-7,9-10H,1-4H2. The highest BCUT2D eigenvalue weighted by molar-refractivity contribution is 5.08. The quantitative estimate of drug-likeness (QED) is 0.533. The Labute approximate surface area is 60.9 Å². The van der Waals surface area contributed by atoms with E-state index in [1.165, 1.54) is 25.7 Å². The second kappa shape index (κ2) is 2.19. The number of aliphatic hydroxyl groups excluding tert-OH is 1. The summed E-state index contributed by atoms with van der Waals surface area (Å²) in [7, 11) is 0. The van der Waals surface area contributed by atoms with Crippen LogP contribution in [0.5, 0.6) is 0 Å². The predicted octanol–water partition coefficient (Wildman–Crippen LogP) is 1.55. The molecule has 1 fully saturated rings. The Hall–Kier alpha value is -0.660. The fourth-order valence-electron chi connectivity index (χ4n) is 1.98. The molecule has 0 aromatic heterocycles. The van der Waals surface area contributed by atoms with Gasteiger partial charge in [-0.25, -0.2) is 0 Å². The topological polar surface area (TPSA) is 32.3 Å². The lowest BCUT2D eigenvalue weighted by atomic mass is 9.86. The van der Waals surface area contributed by atoms with Crippen LogP contribution in [0.2, 0.25) is 0 Å². The SMILES string of the molecule is OC1=CC2CCCCC2N1. The average molecular weight is 139 g/mol. The van der Waals surface area contributed by atoms with Crippen molar-refractivity contribution in [3.8, 4) is 0 Å². The summed E-state index contributed by atoms with van der Waals surface area (Å²) in [4.78, 5) is 0. The van der Waals surface area contributed by atoms with Crippen LogP contribution in [0.3, 0.4) is 0 Å². The molecule has 1 saturated carbocycles.